The second kappa shape index (κ2) is 3.03. The highest BCUT2D eigenvalue weighted by atomic mass is 35.5. The van der Waals surface area contributed by atoms with Gasteiger partial charge in [-0.15, -0.1) is 0 Å². The molecule has 0 fully saturated rings. The van der Waals surface area contributed by atoms with E-state index in [1.165, 1.54) is 11.3 Å². The van der Waals surface area contributed by atoms with Crippen LogP contribution in [0.4, 0.5) is 5.13 Å². The van der Waals surface area contributed by atoms with E-state index in [0.717, 1.165) is 28.4 Å². The molecule has 0 saturated heterocycles. The Morgan fingerprint density at radius 2 is 2.50 bits per heavy atom. The first-order valence-electron chi connectivity index (χ1n) is 3.67. The Balaban J connectivity index is 2.26. The zero-order valence-electron chi connectivity index (χ0n) is 6.62. The first kappa shape index (κ1) is 8.01. The largest absolute Gasteiger partial charge is 0.304 e. The van der Waals surface area contributed by atoms with Crippen molar-refractivity contribution < 1.29 is 0 Å². The third-order valence-corrected chi connectivity index (χ3v) is 2.89. The van der Waals surface area contributed by atoms with Gasteiger partial charge in [0.2, 0.25) is 0 Å². The van der Waals surface area contributed by atoms with Gasteiger partial charge in [-0.3, -0.25) is 4.99 Å². The van der Waals surface area contributed by atoms with Crippen LogP contribution in [-0.2, 0) is 0 Å². The molecular weight excluding hydrogens is 194 g/mol. The first-order valence-corrected chi connectivity index (χ1v) is 4.87. The summed E-state index contributed by atoms with van der Waals surface area (Å²) in [6, 6.07) is 0. The zero-order valence-corrected chi connectivity index (χ0v) is 8.19. The maximum atomic E-state index is 5.78. The van der Waals surface area contributed by atoms with Crippen LogP contribution in [0, 0.1) is 0 Å². The molecule has 1 aromatic rings. The summed E-state index contributed by atoms with van der Waals surface area (Å²) in [5.74, 6) is 1.03. The molecule has 3 nitrogen and oxygen atoms in total. The van der Waals surface area contributed by atoms with Gasteiger partial charge in [0, 0.05) is 6.54 Å². The van der Waals surface area contributed by atoms with E-state index in [1.54, 1.807) is 6.20 Å². The van der Waals surface area contributed by atoms with Crippen LogP contribution in [0.5, 0.6) is 0 Å². The van der Waals surface area contributed by atoms with Crippen molar-refractivity contribution in [3.63, 3.8) is 0 Å². The molecule has 0 N–H and O–H groups in total. The Hall–Kier alpha value is -0.610. The summed E-state index contributed by atoms with van der Waals surface area (Å²) in [4.78, 5) is 10.5. The Kier molecular flexibility index (Phi) is 2.02. The fourth-order valence-corrected chi connectivity index (χ4v) is 2.14. The van der Waals surface area contributed by atoms with Gasteiger partial charge in [0.25, 0.3) is 0 Å². The molecule has 2 rings (SSSR count). The van der Waals surface area contributed by atoms with E-state index >= 15 is 0 Å². The molecule has 2 heterocycles. The molecule has 12 heavy (non-hydrogen) atoms. The summed E-state index contributed by atoms with van der Waals surface area (Å²) in [6.07, 6.45) is 1.67. The van der Waals surface area contributed by atoms with E-state index in [0.29, 0.717) is 0 Å². The van der Waals surface area contributed by atoms with E-state index < -0.39 is 0 Å². The van der Waals surface area contributed by atoms with Crippen molar-refractivity contribution in [1.82, 2.24) is 4.98 Å². The number of amidine groups is 1. The predicted octanol–water partition coefficient (Wildman–Crippen LogP) is 2.03. The highest BCUT2D eigenvalue weighted by molar-refractivity contribution is 7.19. The van der Waals surface area contributed by atoms with Crippen molar-refractivity contribution in [2.24, 2.45) is 4.99 Å². The van der Waals surface area contributed by atoms with Gasteiger partial charge >= 0.3 is 0 Å². The van der Waals surface area contributed by atoms with Gasteiger partial charge in [-0.05, 0) is 6.92 Å². The van der Waals surface area contributed by atoms with E-state index in [1.807, 2.05) is 6.92 Å². The van der Waals surface area contributed by atoms with Crippen molar-refractivity contribution in [2.45, 2.75) is 6.92 Å². The summed E-state index contributed by atoms with van der Waals surface area (Å²) in [5, 5.41) is 0.943. The Labute approximate surface area is 79.7 Å². The molecule has 0 bridgehead atoms. The van der Waals surface area contributed by atoms with E-state index in [2.05, 4.69) is 14.9 Å². The normalized spacial score (nSPS) is 16.8. The molecule has 0 amide bonds. The second-order valence-corrected chi connectivity index (χ2v) is 4.17. The van der Waals surface area contributed by atoms with E-state index in [9.17, 15) is 0 Å². The quantitative estimate of drug-likeness (QED) is 0.696. The smallest absolute Gasteiger partial charge is 0.192 e. The van der Waals surface area contributed by atoms with Crippen molar-refractivity contribution in [1.29, 1.82) is 0 Å². The van der Waals surface area contributed by atoms with E-state index in [-0.39, 0.29) is 0 Å². The van der Waals surface area contributed by atoms with Crippen LogP contribution in [0.15, 0.2) is 11.2 Å². The number of aromatic nitrogens is 1. The lowest BCUT2D eigenvalue weighted by Gasteiger charge is -2.12. The minimum Gasteiger partial charge on any atom is -0.304 e. The highest BCUT2D eigenvalue weighted by Crippen LogP contribution is 2.27. The lowest BCUT2D eigenvalue weighted by Crippen LogP contribution is -2.24. The lowest BCUT2D eigenvalue weighted by atomic mass is 10.6. The predicted molar refractivity (Wildman–Crippen MR) is 52.4 cm³/mol. The Morgan fingerprint density at radius 3 is 3.00 bits per heavy atom. The number of hydrogen-bond donors (Lipinski definition) is 0. The molecule has 0 atom stereocenters. The van der Waals surface area contributed by atoms with Gasteiger partial charge in [0.05, 0.1) is 12.7 Å². The number of hydrogen-bond acceptors (Lipinski definition) is 4. The Bertz CT molecular complexity index is 320. The summed E-state index contributed by atoms with van der Waals surface area (Å²) in [5.41, 5.74) is 0. The molecule has 0 unspecified atom stereocenters. The topological polar surface area (TPSA) is 28.5 Å². The molecule has 0 spiro atoms. The van der Waals surface area contributed by atoms with Crippen molar-refractivity contribution >= 4 is 33.9 Å². The lowest BCUT2D eigenvalue weighted by molar-refractivity contribution is 1.01. The maximum absolute atomic E-state index is 5.78. The molecular formula is C7H8ClN3S. The van der Waals surface area contributed by atoms with Crippen molar-refractivity contribution in [3.8, 4) is 0 Å². The van der Waals surface area contributed by atoms with Gasteiger partial charge in [-0.25, -0.2) is 4.98 Å². The fraction of sp³-hybridized carbons (Fsp3) is 0.429. The van der Waals surface area contributed by atoms with Gasteiger partial charge < -0.3 is 4.90 Å². The number of thiazole rings is 1. The molecule has 0 saturated carbocycles. The van der Waals surface area contributed by atoms with Crippen LogP contribution >= 0.6 is 22.9 Å². The van der Waals surface area contributed by atoms with Crippen LogP contribution in [0.2, 0.25) is 4.34 Å². The monoisotopic (exact) mass is 201 g/mol. The van der Waals surface area contributed by atoms with Crippen LogP contribution < -0.4 is 4.90 Å². The number of rotatable bonds is 1. The van der Waals surface area contributed by atoms with E-state index in [4.69, 9.17) is 11.6 Å². The first-order chi connectivity index (χ1) is 5.77. The van der Waals surface area contributed by atoms with Gasteiger partial charge in [-0.1, -0.05) is 22.9 Å². The molecule has 0 aliphatic carbocycles. The van der Waals surface area contributed by atoms with Crippen molar-refractivity contribution in [3.05, 3.63) is 10.5 Å². The molecule has 1 aromatic heterocycles. The number of anilines is 1. The molecule has 64 valence electrons. The second-order valence-electron chi connectivity index (χ2n) is 2.53. The minimum absolute atomic E-state index is 0.727. The number of halogens is 1. The third kappa shape index (κ3) is 1.32. The Morgan fingerprint density at radius 1 is 1.67 bits per heavy atom. The third-order valence-electron chi connectivity index (χ3n) is 1.75. The van der Waals surface area contributed by atoms with Gasteiger partial charge in [0.15, 0.2) is 5.13 Å². The molecule has 1 aliphatic heterocycles. The summed E-state index contributed by atoms with van der Waals surface area (Å²) in [6.45, 7) is 3.78. The highest BCUT2D eigenvalue weighted by Gasteiger charge is 2.17. The number of nitrogens with zero attached hydrogens (tertiary/aromatic N) is 3. The fourth-order valence-electron chi connectivity index (χ4n) is 1.16. The summed E-state index contributed by atoms with van der Waals surface area (Å²) in [7, 11) is 0. The summed E-state index contributed by atoms with van der Waals surface area (Å²) < 4.78 is 0.727. The minimum atomic E-state index is 0.727. The summed E-state index contributed by atoms with van der Waals surface area (Å²) >= 11 is 7.26. The molecule has 0 aromatic carbocycles. The molecule has 5 heteroatoms. The van der Waals surface area contributed by atoms with Crippen molar-refractivity contribution in [2.75, 3.05) is 18.0 Å². The molecule has 0 radical (unpaired) electrons. The van der Waals surface area contributed by atoms with Crippen LogP contribution in [0.1, 0.15) is 6.92 Å². The molecule has 1 aliphatic rings. The maximum Gasteiger partial charge on any atom is 0.192 e. The average Bonchev–Trinajstić information content (AvgIpc) is 2.58. The number of aliphatic imine (C=N–C) groups is 1. The SMILES string of the molecule is CC1=NCCN1c1ncc(Cl)s1. The standard InChI is InChI=1S/C7H8ClN3S/c1-5-9-2-3-11(5)7-10-4-6(8)12-7/h4H,2-3H2,1H3. The van der Waals surface area contributed by atoms with Crippen LogP contribution in [0.25, 0.3) is 0 Å². The average molecular weight is 202 g/mol. The van der Waals surface area contributed by atoms with Crippen LogP contribution in [-0.4, -0.2) is 23.9 Å². The zero-order chi connectivity index (χ0) is 8.55. The van der Waals surface area contributed by atoms with Gasteiger partial charge in [-0.2, -0.15) is 0 Å². The van der Waals surface area contributed by atoms with Gasteiger partial charge in [0.1, 0.15) is 10.2 Å². The van der Waals surface area contributed by atoms with Crippen LogP contribution in [0.3, 0.4) is 0 Å².